The molecular weight excluding hydrogens is 420 g/mol. The van der Waals surface area contributed by atoms with Crippen molar-refractivity contribution in [3.8, 4) is 11.1 Å². The number of benzene rings is 3. The first kappa shape index (κ1) is 22.1. The zero-order chi connectivity index (χ0) is 22.1. The Bertz CT molecular complexity index is 1330. The van der Waals surface area contributed by atoms with E-state index in [0.29, 0.717) is 0 Å². The Hall–Kier alpha value is -4.10. The average molecular weight is 444 g/mol. The van der Waals surface area contributed by atoms with Crippen molar-refractivity contribution in [3.63, 3.8) is 0 Å². The number of carboxylic acids is 1. The molecule has 7 heteroatoms. The van der Waals surface area contributed by atoms with Gasteiger partial charge >= 0.3 is 12.1 Å². The van der Waals surface area contributed by atoms with Crippen LogP contribution in [0.15, 0.2) is 72.9 Å². The summed E-state index contributed by atoms with van der Waals surface area (Å²) in [5, 5.41) is 13.1. The Labute approximate surface area is 190 Å². The number of H-pyrrole nitrogens is 1. The van der Waals surface area contributed by atoms with Crippen molar-refractivity contribution in [2.75, 3.05) is 0 Å². The first-order chi connectivity index (χ1) is 15.6. The summed E-state index contributed by atoms with van der Waals surface area (Å²) in [6.07, 6.45) is 1.99. The van der Waals surface area contributed by atoms with Crippen LogP contribution in [0.5, 0.6) is 0 Å². The van der Waals surface area contributed by atoms with Crippen LogP contribution in [0.25, 0.3) is 22.0 Å². The van der Waals surface area contributed by atoms with Crippen LogP contribution in [0.2, 0.25) is 0 Å². The molecular formula is C26H24N2O5. The third-order valence-corrected chi connectivity index (χ3v) is 6.00. The number of rotatable bonds is 6. The van der Waals surface area contributed by atoms with E-state index in [-0.39, 0.29) is 18.5 Å². The van der Waals surface area contributed by atoms with E-state index in [0.717, 1.165) is 39.6 Å². The van der Waals surface area contributed by atoms with Crippen LogP contribution in [0.1, 0.15) is 22.3 Å². The van der Waals surface area contributed by atoms with Gasteiger partial charge in [-0.05, 0) is 45.9 Å². The van der Waals surface area contributed by atoms with Gasteiger partial charge in [0.1, 0.15) is 12.6 Å². The standard InChI is InChI=1S/C26H22N2O4.H2O/c29-25(30)24(13-18-14-27-23-11-4-3-9-20(18)23)28-26(31)32-15-17-7-5-10-21-19-8-2-1-6-16(19)12-22(17)21;/h1-11,14,24,27H,12-13,15H2,(H,28,31)(H,29,30);1H2/t24-;/m0./s1. The number of para-hydroxylation sites is 1. The molecule has 0 saturated carbocycles. The summed E-state index contributed by atoms with van der Waals surface area (Å²) in [5.74, 6) is -1.11. The van der Waals surface area contributed by atoms with Gasteiger partial charge in [0, 0.05) is 23.5 Å². The quantitative estimate of drug-likeness (QED) is 0.368. The molecule has 0 aliphatic heterocycles. The van der Waals surface area contributed by atoms with Gasteiger partial charge in [0.15, 0.2) is 0 Å². The third-order valence-electron chi connectivity index (χ3n) is 6.00. The summed E-state index contributed by atoms with van der Waals surface area (Å²) in [6.45, 7) is 0.0857. The van der Waals surface area contributed by atoms with Crippen LogP contribution in [0, 0.1) is 0 Å². The highest BCUT2D eigenvalue weighted by molar-refractivity contribution is 5.85. The fourth-order valence-corrected chi connectivity index (χ4v) is 4.41. The van der Waals surface area contributed by atoms with Crippen LogP contribution in [-0.4, -0.2) is 33.7 Å². The molecule has 0 unspecified atom stereocenters. The Morgan fingerprint density at radius 3 is 2.58 bits per heavy atom. The molecule has 0 saturated heterocycles. The number of aromatic amines is 1. The number of fused-ring (bicyclic) bond motifs is 4. The van der Waals surface area contributed by atoms with Gasteiger partial charge in [-0.15, -0.1) is 0 Å². The number of aromatic nitrogens is 1. The molecule has 1 heterocycles. The van der Waals surface area contributed by atoms with Gasteiger partial charge in [-0.1, -0.05) is 60.7 Å². The largest absolute Gasteiger partial charge is 0.480 e. The number of aliphatic carboxylic acids is 1. The lowest BCUT2D eigenvalue weighted by molar-refractivity contribution is -0.139. The molecule has 168 valence electrons. The van der Waals surface area contributed by atoms with Crippen LogP contribution in [0.4, 0.5) is 4.79 Å². The van der Waals surface area contributed by atoms with Crippen molar-refractivity contribution in [3.05, 3.63) is 95.2 Å². The molecule has 5 rings (SSSR count). The van der Waals surface area contributed by atoms with Crippen molar-refractivity contribution in [1.82, 2.24) is 10.3 Å². The molecule has 3 aromatic carbocycles. The number of carbonyl (C=O) groups is 2. The number of alkyl carbamates (subject to hydrolysis) is 1. The van der Waals surface area contributed by atoms with Gasteiger partial charge in [-0.2, -0.15) is 0 Å². The lowest BCUT2D eigenvalue weighted by atomic mass is 10.0. The van der Waals surface area contributed by atoms with Gasteiger partial charge in [-0.3, -0.25) is 0 Å². The molecule has 5 N–H and O–H groups in total. The predicted octanol–water partition coefficient (Wildman–Crippen LogP) is 3.84. The van der Waals surface area contributed by atoms with Crippen molar-refractivity contribution in [1.29, 1.82) is 0 Å². The van der Waals surface area contributed by atoms with Crippen LogP contribution >= 0.6 is 0 Å². The summed E-state index contributed by atoms with van der Waals surface area (Å²) in [5.41, 5.74) is 7.44. The van der Waals surface area contributed by atoms with E-state index in [1.807, 2.05) is 48.5 Å². The maximum Gasteiger partial charge on any atom is 0.408 e. The van der Waals surface area contributed by atoms with Gasteiger partial charge in [0.05, 0.1) is 0 Å². The van der Waals surface area contributed by atoms with Gasteiger partial charge < -0.3 is 25.6 Å². The van der Waals surface area contributed by atoms with Gasteiger partial charge in [0.25, 0.3) is 0 Å². The molecule has 1 atom stereocenters. The van der Waals surface area contributed by atoms with E-state index in [1.54, 1.807) is 6.20 Å². The molecule has 0 fully saturated rings. The van der Waals surface area contributed by atoms with E-state index in [9.17, 15) is 14.7 Å². The zero-order valence-electron chi connectivity index (χ0n) is 17.8. The normalized spacial score (nSPS) is 12.4. The monoisotopic (exact) mass is 444 g/mol. The minimum absolute atomic E-state index is 0. The molecule has 0 spiro atoms. The second-order valence-electron chi connectivity index (χ2n) is 7.95. The van der Waals surface area contributed by atoms with E-state index >= 15 is 0 Å². The van der Waals surface area contributed by atoms with E-state index in [2.05, 4.69) is 28.5 Å². The van der Waals surface area contributed by atoms with Gasteiger partial charge in [0.2, 0.25) is 0 Å². The molecule has 7 nitrogen and oxygen atoms in total. The number of nitrogens with one attached hydrogen (secondary N) is 2. The smallest absolute Gasteiger partial charge is 0.408 e. The molecule has 1 aliphatic rings. The third kappa shape index (κ3) is 4.31. The van der Waals surface area contributed by atoms with E-state index < -0.39 is 18.1 Å². The molecule has 0 bridgehead atoms. The fourth-order valence-electron chi connectivity index (χ4n) is 4.41. The zero-order valence-corrected chi connectivity index (χ0v) is 17.8. The summed E-state index contributed by atoms with van der Waals surface area (Å²) >= 11 is 0. The number of hydrogen-bond acceptors (Lipinski definition) is 3. The minimum atomic E-state index is -1.11. The fraction of sp³-hybridized carbons (Fsp3) is 0.154. The molecule has 4 aromatic rings. The van der Waals surface area contributed by atoms with Crippen LogP contribution in [-0.2, 0) is 29.0 Å². The maximum atomic E-state index is 12.4. The Balaban J connectivity index is 0.00000259. The molecule has 33 heavy (non-hydrogen) atoms. The number of carbonyl (C=O) groups excluding carboxylic acids is 1. The number of carboxylic acid groups (broad SMARTS) is 1. The van der Waals surface area contributed by atoms with Crippen molar-refractivity contribution in [2.45, 2.75) is 25.5 Å². The topological polar surface area (TPSA) is 123 Å². The minimum Gasteiger partial charge on any atom is -0.480 e. The summed E-state index contributed by atoms with van der Waals surface area (Å²) in [7, 11) is 0. The lowest BCUT2D eigenvalue weighted by Gasteiger charge is -2.15. The number of hydrogen-bond donors (Lipinski definition) is 3. The first-order valence-electron chi connectivity index (χ1n) is 10.5. The highest BCUT2D eigenvalue weighted by Gasteiger charge is 2.24. The van der Waals surface area contributed by atoms with E-state index in [1.165, 1.54) is 11.1 Å². The Kier molecular flexibility index (Phi) is 6.15. The maximum absolute atomic E-state index is 12.4. The Morgan fingerprint density at radius 2 is 1.73 bits per heavy atom. The summed E-state index contributed by atoms with van der Waals surface area (Å²) in [6, 6.07) is 20.8. The predicted molar refractivity (Wildman–Crippen MR) is 125 cm³/mol. The Morgan fingerprint density at radius 1 is 0.970 bits per heavy atom. The lowest BCUT2D eigenvalue weighted by Crippen LogP contribution is -2.42. The average Bonchev–Trinajstić information content (AvgIpc) is 3.39. The molecule has 1 aliphatic carbocycles. The van der Waals surface area contributed by atoms with Crippen LogP contribution < -0.4 is 5.32 Å². The summed E-state index contributed by atoms with van der Waals surface area (Å²) < 4.78 is 5.42. The van der Waals surface area contributed by atoms with Crippen molar-refractivity contribution in [2.24, 2.45) is 0 Å². The molecule has 1 aromatic heterocycles. The highest BCUT2D eigenvalue weighted by Crippen LogP contribution is 2.38. The van der Waals surface area contributed by atoms with E-state index in [4.69, 9.17) is 4.74 Å². The first-order valence-corrected chi connectivity index (χ1v) is 10.5. The second kappa shape index (κ2) is 9.18. The summed E-state index contributed by atoms with van der Waals surface area (Å²) in [4.78, 5) is 27.3. The number of amides is 1. The SMILES string of the molecule is O.O=C(N[C@@H](Cc1c[nH]c2ccccc12)C(=O)O)OCc1cccc2c1Cc1ccccc1-2. The molecule has 0 radical (unpaired) electrons. The van der Waals surface area contributed by atoms with Gasteiger partial charge in [-0.25, -0.2) is 9.59 Å². The highest BCUT2D eigenvalue weighted by atomic mass is 16.5. The number of ether oxygens (including phenoxy) is 1. The molecule has 1 amide bonds. The second-order valence-corrected chi connectivity index (χ2v) is 7.95. The van der Waals surface area contributed by atoms with Crippen LogP contribution in [0.3, 0.4) is 0 Å². The van der Waals surface area contributed by atoms with Crippen molar-refractivity contribution >= 4 is 23.0 Å². The van der Waals surface area contributed by atoms with Crippen molar-refractivity contribution < 1.29 is 24.9 Å².